The minimum Gasteiger partial charge on any atom is -0.347 e. The number of benzene rings is 1. The summed E-state index contributed by atoms with van der Waals surface area (Å²) in [5.41, 5.74) is 1.14. The van der Waals surface area contributed by atoms with E-state index in [2.05, 4.69) is 5.32 Å². The lowest BCUT2D eigenvalue weighted by atomic mass is 9.89. The molecule has 3 rings (SSSR count). The average molecular weight is 309 g/mol. The summed E-state index contributed by atoms with van der Waals surface area (Å²) < 4.78 is 24.7. The van der Waals surface area contributed by atoms with Gasteiger partial charge in [-0.3, -0.25) is 4.21 Å². The summed E-state index contributed by atoms with van der Waals surface area (Å²) in [5, 5.41) is 3.34. The van der Waals surface area contributed by atoms with E-state index in [0.29, 0.717) is 19.6 Å². The molecule has 2 aliphatic rings. The first-order valence-corrected chi connectivity index (χ1v) is 8.77. The van der Waals surface area contributed by atoms with E-state index in [4.69, 9.17) is 9.47 Å². The monoisotopic (exact) mass is 309 g/mol. The Balaban J connectivity index is 1.84. The molecule has 1 heterocycles. The van der Waals surface area contributed by atoms with Crippen molar-refractivity contribution >= 4 is 10.8 Å². The van der Waals surface area contributed by atoms with Crippen molar-refractivity contribution in [3.8, 4) is 0 Å². The van der Waals surface area contributed by atoms with E-state index >= 15 is 0 Å². The van der Waals surface area contributed by atoms with Crippen LogP contribution in [-0.4, -0.2) is 41.5 Å². The zero-order valence-electron chi connectivity index (χ0n) is 12.6. The molecule has 3 unspecified atom stereocenters. The van der Waals surface area contributed by atoms with E-state index in [1.165, 1.54) is 0 Å². The van der Waals surface area contributed by atoms with Crippen LogP contribution in [0.4, 0.5) is 0 Å². The van der Waals surface area contributed by atoms with Crippen molar-refractivity contribution in [2.45, 2.75) is 48.2 Å². The van der Waals surface area contributed by atoms with Gasteiger partial charge in [-0.2, -0.15) is 0 Å². The average Bonchev–Trinajstić information content (AvgIpc) is 2.94. The predicted molar refractivity (Wildman–Crippen MR) is 82.7 cm³/mol. The van der Waals surface area contributed by atoms with Crippen LogP contribution >= 0.6 is 0 Å². The number of rotatable bonds is 3. The van der Waals surface area contributed by atoms with Crippen molar-refractivity contribution in [1.82, 2.24) is 5.32 Å². The Labute approximate surface area is 128 Å². The molecule has 5 heteroatoms. The minimum atomic E-state index is -1.05. The first-order valence-electron chi connectivity index (χ1n) is 7.56. The van der Waals surface area contributed by atoms with Gasteiger partial charge in [0, 0.05) is 23.8 Å². The molecule has 116 valence electrons. The molecule has 0 amide bonds. The van der Waals surface area contributed by atoms with Crippen molar-refractivity contribution in [2.75, 3.05) is 20.3 Å². The summed E-state index contributed by atoms with van der Waals surface area (Å²) in [6.45, 7) is 3.32. The van der Waals surface area contributed by atoms with Crippen LogP contribution in [0.3, 0.4) is 0 Å². The Bertz CT molecular complexity index is 528. The van der Waals surface area contributed by atoms with Gasteiger partial charge in [0.05, 0.1) is 29.3 Å². The predicted octanol–water partition coefficient (Wildman–Crippen LogP) is 1.99. The van der Waals surface area contributed by atoms with Gasteiger partial charge in [0.1, 0.15) is 0 Å². The van der Waals surface area contributed by atoms with Crippen molar-refractivity contribution in [2.24, 2.45) is 0 Å². The summed E-state index contributed by atoms with van der Waals surface area (Å²) in [5.74, 6) is -0.502. The van der Waals surface area contributed by atoms with Gasteiger partial charge in [0.15, 0.2) is 5.79 Å². The highest BCUT2D eigenvalue weighted by molar-refractivity contribution is 7.85. The van der Waals surface area contributed by atoms with E-state index < -0.39 is 16.6 Å². The highest BCUT2D eigenvalue weighted by Gasteiger charge is 2.46. The second-order valence-electron chi connectivity index (χ2n) is 5.90. The van der Waals surface area contributed by atoms with Gasteiger partial charge in [-0.1, -0.05) is 12.1 Å². The van der Waals surface area contributed by atoms with E-state index in [1.54, 1.807) is 0 Å². The molecule has 2 fully saturated rings. The maximum atomic E-state index is 13.0. The fourth-order valence-electron chi connectivity index (χ4n) is 3.34. The van der Waals surface area contributed by atoms with Crippen molar-refractivity contribution in [3.63, 3.8) is 0 Å². The molecule has 0 aromatic heterocycles. The maximum Gasteiger partial charge on any atom is 0.169 e. The van der Waals surface area contributed by atoms with Gasteiger partial charge in [-0.25, -0.2) is 0 Å². The van der Waals surface area contributed by atoms with Crippen LogP contribution in [-0.2, 0) is 20.3 Å². The molecular weight excluding hydrogens is 286 g/mol. The van der Waals surface area contributed by atoms with E-state index in [-0.39, 0.29) is 11.3 Å². The highest BCUT2D eigenvalue weighted by atomic mass is 32.2. The third-order valence-corrected chi connectivity index (χ3v) is 6.24. The Hall–Kier alpha value is -0.750. The molecule has 1 spiro atoms. The number of hydrogen-bond acceptors (Lipinski definition) is 4. The molecule has 0 radical (unpaired) electrons. The van der Waals surface area contributed by atoms with Crippen LogP contribution < -0.4 is 5.32 Å². The standard InChI is InChI=1S/C16H23NO3S/c1-12-4-3-5-13(10-12)21(18)15-11-16(19-8-9-20-16)7-6-14(15)17-2/h3-5,10,14-15,17H,6-9,11H2,1-2H3. The number of hydrogen-bond donors (Lipinski definition) is 1. The molecule has 0 bridgehead atoms. The summed E-state index contributed by atoms with van der Waals surface area (Å²) in [7, 11) is 0.889. The van der Waals surface area contributed by atoms with Crippen LogP contribution in [0.1, 0.15) is 24.8 Å². The molecule has 1 aliphatic carbocycles. The smallest absolute Gasteiger partial charge is 0.169 e. The zero-order valence-corrected chi connectivity index (χ0v) is 13.4. The molecule has 1 saturated heterocycles. The topological polar surface area (TPSA) is 47.6 Å². The molecule has 1 aromatic rings. The van der Waals surface area contributed by atoms with E-state index in [1.807, 2.05) is 38.2 Å². The SMILES string of the molecule is CNC1CCC2(CC1S(=O)c1cccc(C)c1)OCCO2. The van der Waals surface area contributed by atoms with Crippen LogP contribution in [0, 0.1) is 6.92 Å². The number of aryl methyl sites for hydroxylation is 1. The molecule has 21 heavy (non-hydrogen) atoms. The summed E-state index contributed by atoms with van der Waals surface area (Å²) in [6.07, 6.45) is 2.50. The Morgan fingerprint density at radius 3 is 2.76 bits per heavy atom. The number of ether oxygens (including phenoxy) is 2. The first-order chi connectivity index (χ1) is 10.1. The summed E-state index contributed by atoms with van der Waals surface area (Å²) in [4.78, 5) is 0.898. The van der Waals surface area contributed by atoms with Crippen LogP contribution in [0.25, 0.3) is 0 Å². The van der Waals surface area contributed by atoms with Gasteiger partial charge in [0.2, 0.25) is 0 Å². The summed E-state index contributed by atoms with van der Waals surface area (Å²) in [6, 6.07) is 8.21. The molecule has 1 N–H and O–H groups in total. The fraction of sp³-hybridized carbons (Fsp3) is 0.625. The second kappa shape index (κ2) is 6.16. The van der Waals surface area contributed by atoms with Gasteiger partial charge in [-0.15, -0.1) is 0 Å². The lowest BCUT2D eigenvalue weighted by Gasteiger charge is -2.40. The third kappa shape index (κ3) is 3.06. The Morgan fingerprint density at radius 1 is 1.33 bits per heavy atom. The zero-order chi connectivity index (χ0) is 14.9. The van der Waals surface area contributed by atoms with Crippen LogP contribution in [0.2, 0.25) is 0 Å². The molecule has 4 nitrogen and oxygen atoms in total. The third-order valence-electron chi connectivity index (χ3n) is 4.48. The molecule has 1 saturated carbocycles. The van der Waals surface area contributed by atoms with E-state index in [9.17, 15) is 4.21 Å². The van der Waals surface area contributed by atoms with Crippen LogP contribution in [0.15, 0.2) is 29.2 Å². The minimum absolute atomic E-state index is 0.0173. The Kier molecular flexibility index (Phi) is 4.45. The molecular formula is C16H23NO3S. The highest BCUT2D eigenvalue weighted by Crippen LogP contribution is 2.38. The maximum absolute atomic E-state index is 13.0. The lowest BCUT2D eigenvalue weighted by molar-refractivity contribution is -0.178. The molecule has 3 atom stereocenters. The second-order valence-corrected chi connectivity index (χ2v) is 7.57. The van der Waals surface area contributed by atoms with Crippen molar-refractivity contribution < 1.29 is 13.7 Å². The number of nitrogens with one attached hydrogen (secondary N) is 1. The van der Waals surface area contributed by atoms with Gasteiger partial charge in [0.25, 0.3) is 0 Å². The first kappa shape index (κ1) is 15.2. The van der Waals surface area contributed by atoms with Crippen molar-refractivity contribution in [3.05, 3.63) is 29.8 Å². The fourth-order valence-corrected chi connectivity index (χ4v) is 5.18. The molecule has 1 aromatic carbocycles. The van der Waals surface area contributed by atoms with Gasteiger partial charge in [-0.05, 0) is 38.1 Å². The van der Waals surface area contributed by atoms with Crippen molar-refractivity contribution in [1.29, 1.82) is 0 Å². The Morgan fingerprint density at radius 2 is 2.10 bits per heavy atom. The largest absolute Gasteiger partial charge is 0.347 e. The summed E-state index contributed by atoms with van der Waals surface area (Å²) >= 11 is 0. The van der Waals surface area contributed by atoms with Crippen LogP contribution in [0.5, 0.6) is 0 Å². The quantitative estimate of drug-likeness (QED) is 0.927. The normalized spacial score (nSPS) is 29.6. The van der Waals surface area contributed by atoms with Gasteiger partial charge >= 0.3 is 0 Å². The van der Waals surface area contributed by atoms with E-state index in [0.717, 1.165) is 23.3 Å². The lowest BCUT2D eigenvalue weighted by Crippen LogP contribution is -2.51. The molecule has 1 aliphatic heterocycles. The van der Waals surface area contributed by atoms with Gasteiger partial charge < -0.3 is 14.8 Å².